The van der Waals surface area contributed by atoms with Crippen LogP contribution in [-0.4, -0.2) is 64.7 Å². The van der Waals surface area contributed by atoms with Gasteiger partial charge < -0.3 is 19.3 Å². The standard InChI is InChI=1S/C28H30FN3O4/c1-28(2,3)36-27(34)31-15-16-32(21(18-31)19-35-22-11-8-14-30-17-22)26(33)24-13-7-12-23(25(24)29)20-9-5-4-6-10-20/h4-14,17,21H,15-16,18-19H2,1-3H3. The van der Waals surface area contributed by atoms with E-state index in [0.29, 0.717) is 16.9 Å². The normalized spacial score (nSPS) is 15.9. The first-order valence-electron chi connectivity index (χ1n) is 11.9. The lowest BCUT2D eigenvalue weighted by molar-refractivity contribution is -0.00106. The van der Waals surface area contributed by atoms with Gasteiger partial charge in [-0.15, -0.1) is 0 Å². The van der Waals surface area contributed by atoms with Crippen molar-refractivity contribution in [2.45, 2.75) is 32.4 Å². The molecule has 2 heterocycles. The highest BCUT2D eigenvalue weighted by atomic mass is 19.1. The summed E-state index contributed by atoms with van der Waals surface area (Å²) in [6.07, 6.45) is 2.75. The SMILES string of the molecule is CC(C)(C)OC(=O)N1CCN(C(=O)c2cccc(-c3ccccc3)c2F)C(COc2cccnc2)C1. The molecule has 188 valence electrons. The van der Waals surface area contributed by atoms with Gasteiger partial charge in [0, 0.05) is 31.4 Å². The van der Waals surface area contributed by atoms with Crippen molar-refractivity contribution in [1.82, 2.24) is 14.8 Å². The minimum Gasteiger partial charge on any atom is -0.490 e. The van der Waals surface area contributed by atoms with Gasteiger partial charge in [0.2, 0.25) is 0 Å². The number of hydrogen-bond acceptors (Lipinski definition) is 5. The average molecular weight is 492 g/mol. The summed E-state index contributed by atoms with van der Waals surface area (Å²) < 4.78 is 27.0. The van der Waals surface area contributed by atoms with Gasteiger partial charge in [-0.25, -0.2) is 9.18 Å². The van der Waals surface area contributed by atoms with Gasteiger partial charge in [-0.2, -0.15) is 0 Å². The van der Waals surface area contributed by atoms with Gasteiger partial charge in [0.05, 0.1) is 17.8 Å². The molecule has 0 aliphatic carbocycles. The number of rotatable bonds is 5. The van der Waals surface area contributed by atoms with E-state index in [0.717, 1.165) is 0 Å². The molecule has 7 nitrogen and oxygen atoms in total. The van der Waals surface area contributed by atoms with Crippen LogP contribution >= 0.6 is 0 Å². The van der Waals surface area contributed by atoms with Crippen LogP contribution in [0.3, 0.4) is 0 Å². The van der Waals surface area contributed by atoms with Crippen molar-refractivity contribution in [3.8, 4) is 16.9 Å². The third kappa shape index (κ3) is 6.00. The smallest absolute Gasteiger partial charge is 0.410 e. The molecule has 36 heavy (non-hydrogen) atoms. The lowest BCUT2D eigenvalue weighted by Gasteiger charge is -2.41. The Bertz CT molecular complexity index is 1200. The highest BCUT2D eigenvalue weighted by Gasteiger charge is 2.36. The van der Waals surface area contributed by atoms with Crippen LogP contribution < -0.4 is 4.74 Å². The molecule has 1 aliphatic rings. The van der Waals surface area contributed by atoms with Crippen LogP contribution in [0.25, 0.3) is 11.1 Å². The van der Waals surface area contributed by atoms with Gasteiger partial charge in [-0.1, -0.05) is 42.5 Å². The number of carbonyl (C=O) groups excluding carboxylic acids is 2. The van der Waals surface area contributed by atoms with Crippen LogP contribution in [0.2, 0.25) is 0 Å². The number of benzene rings is 2. The number of pyridine rings is 1. The number of amides is 2. The Labute approximate surface area is 210 Å². The third-order valence-electron chi connectivity index (χ3n) is 5.79. The molecule has 1 saturated heterocycles. The molecule has 0 spiro atoms. The van der Waals surface area contributed by atoms with Crippen molar-refractivity contribution >= 4 is 12.0 Å². The van der Waals surface area contributed by atoms with Gasteiger partial charge in [0.25, 0.3) is 5.91 Å². The minimum atomic E-state index is -0.646. The van der Waals surface area contributed by atoms with E-state index in [1.807, 2.05) is 18.2 Å². The van der Waals surface area contributed by atoms with Crippen LogP contribution in [0.4, 0.5) is 9.18 Å². The Kier molecular flexibility index (Phi) is 7.52. The Hall–Kier alpha value is -3.94. The fourth-order valence-electron chi connectivity index (χ4n) is 4.08. The molecule has 2 aromatic carbocycles. The van der Waals surface area contributed by atoms with Crippen LogP contribution in [0.1, 0.15) is 31.1 Å². The summed E-state index contributed by atoms with van der Waals surface area (Å²) in [5, 5.41) is 0. The number of piperazine rings is 1. The molecule has 1 aromatic heterocycles. The monoisotopic (exact) mass is 491 g/mol. The predicted molar refractivity (Wildman–Crippen MR) is 134 cm³/mol. The van der Waals surface area contributed by atoms with Gasteiger partial charge in [0.15, 0.2) is 0 Å². The van der Waals surface area contributed by atoms with E-state index in [4.69, 9.17) is 9.47 Å². The van der Waals surface area contributed by atoms with E-state index < -0.39 is 29.5 Å². The number of halogens is 1. The fourth-order valence-corrected chi connectivity index (χ4v) is 4.08. The number of hydrogen-bond donors (Lipinski definition) is 0. The number of carbonyl (C=O) groups is 2. The fraction of sp³-hybridized carbons (Fsp3) is 0.321. The first kappa shape index (κ1) is 25.2. The molecule has 1 fully saturated rings. The molecule has 2 amide bonds. The lowest BCUT2D eigenvalue weighted by atomic mass is 10.0. The molecular weight excluding hydrogens is 461 g/mol. The van der Waals surface area contributed by atoms with Gasteiger partial charge in [-0.05, 0) is 44.5 Å². The van der Waals surface area contributed by atoms with E-state index in [9.17, 15) is 9.59 Å². The summed E-state index contributed by atoms with van der Waals surface area (Å²) >= 11 is 0. The largest absolute Gasteiger partial charge is 0.490 e. The van der Waals surface area contributed by atoms with E-state index in [2.05, 4.69) is 4.98 Å². The second kappa shape index (κ2) is 10.8. The van der Waals surface area contributed by atoms with Crippen molar-refractivity contribution < 1.29 is 23.5 Å². The highest BCUT2D eigenvalue weighted by molar-refractivity contribution is 5.96. The quantitative estimate of drug-likeness (QED) is 0.501. The van der Waals surface area contributed by atoms with Crippen LogP contribution in [-0.2, 0) is 4.74 Å². The molecule has 1 unspecified atom stereocenters. The van der Waals surface area contributed by atoms with Crippen LogP contribution in [0, 0.1) is 5.82 Å². The van der Waals surface area contributed by atoms with Crippen molar-refractivity contribution in [3.05, 3.63) is 84.4 Å². The first-order valence-corrected chi connectivity index (χ1v) is 11.9. The van der Waals surface area contributed by atoms with Crippen molar-refractivity contribution in [2.24, 2.45) is 0 Å². The molecule has 1 atom stereocenters. The second-order valence-corrected chi connectivity index (χ2v) is 9.61. The number of ether oxygens (including phenoxy) is 2. The zero-order chi connectivity index (χ0) is 25.7. The molecule has 0 N–H and O–H groups in total. The van der Waals surface area contributed by atoms with E-state index >= 15 is 4.39 Å². The molecule has 3 aromatic rings. The Morgan fingerprint density at radius 1 is 1.03 bits per heavy atom. The summed E-state index contributed by atoms with van der Waals surface area (Å²) in [5.41, 5.74) is 0.383. The molecule has 4 rings (SSSR count). The number of aromatic nitrogens is 1. The Balaban J connectivity index is 1.58. The summed E-state index contributed by atoms with van der Waals surface area (Å²) in [6.45, 7) is 6.19. The molecular formula is C28H30FN3O4. The maximum atomic E-state index is 15.6. The first-order chi connectivity index (χ1) is 17.2. The summed E-state index contributed by atoms with van der Waals surface area (Å²) in [7, 11) is 0. The van der Waals surface area contributed by atoms with Crippen LogP contribution in [0.5, 0.6) is 5.75 Å². The van der Waals surface area contributed by atoms with Crippen molar-refractivity contribution in [2.75, 3.05) is 26.2 Å². The molecule has 0 saturated carbocycles. The second-order valence-electron chi connectivity index (χ2n) is 9.61. The summed E-state index contributed by atoms with van der Waals surface area (Å²) in [4.78, 5) is 33.5. The summed E-state index contributed by atoms with van der Waals surface area (Å²) in [6, 6.07) is 16.9. The highest BCUT2D eigenvalue weighted by Crippen LogP contribution is 2.27. The zero-order valence-corrected chi connectivity index (χ0v) is 20.7. The topological polar surface area (TPSA) is 72.0 Å². The summed E-state index contributed by atoms with van der Waals surface area (Å²) in [5.74, 6) is -0.486. The van der Waals surface area contributed by atoms with Crippen molar-refractivity contribution in [1.29, 1.82) is 0 Å². The van der Waals surface area contributed by atoms with Gasteiger partial charge >= 0.3 is 6.09 Å². The Morgan fingerprint density at radius 3 is 2.50 bits per heavy atom. The van der Waals surface area contributed by atoms with Crippen molar-refractivity contribution in [3.63, 3.8) is 0 Å². The maximum Gasteiger partial charge on any atom is 0.410 e. The predicted octanol–water partition coefficient (Wildman–Crippen LogP) is 5.03. The van der Waals surface area contributed by atoms with E-state index in [1.165, 1.54) is 6.07 Å². The maximum absolute atomic E-state index is 15.6. The molecule has 1 aliphatic heterocycles. The lowest BCUT2D eigenvalue weighted by Crippen LogP contribution is -2.59. The third-order valence-corrected chi connectivity index (χ3v) is 5.79. The minimum absolute atomic E-state index is 0.0200. The number of nitrogens with zero attached hydrogens (tertiary/aromatic N) is 3. The molecule has 8 heteroatoms. The van der Waals surface area contributed by atoms with E-state index in [1.54, 1.807) is 79.4 Å². The molecule has 0 bridgehead atoms. The van der Waals surface area contributed by atoms with Crippen LogP contribution in [0.15, 0.2) is 73.1 Å². The molecule has 0 radical (unpaired) electrons. The zero-order valence-electron chi connectivity index (χ0n) is 20.7. The average Bonchev–Trinajstić information content (AvgIpc) is 2.87. The van der Waals surface area contributed by atoms with E-state index in [-0.39, 0.29) is 31.8 Å². The van der Waals surface area contributed by atoms with Gasteiger partial charge in [-0.3, -0.25) is 9.78 Å². The Morgan fingerprint density at radius 2 is 1.81 bits per heavy atom. The van der Waals surface area contributed by atoms with Gasteiger partial charge in [0.1, 0.15) is 23.8 Å².